The highest BCUT2D eigenvalue weighted by molar-refractivity contribution is 5.83. The Hall–Kier alpha value is -3.11. The predicted molar refractivity (Wildman–Crippen MR) is 136 cm³/mol. The first-order valence-corrected chi connectivity index (χ1v) is 12.8. The van der Waals surface area contributed by atoms with Crippen molar-refractivity contribution in [3.05, 3.63) is 51.1 Å². The molecule has 2 atom stereocenters. The van der Waals surface area contributed by atoms with E-state index in [0.29, 0.717) is 31.1 Å². The molecule has 0 saturated carbocycles. The molecule has 1 aromatic carbocycles. The number of nitrogens with zero attached hydrogens (tertiary/aromatic N) is 5. The molecular formula is C26H36N6O4. The second kappa shape index (κ2) is 11.7. The number of hydrogen-bond donors (Lipinski definition) is 1. The van der Waals surface area contributed by atoms with Gasteiger partial charge in [-0.05, 0) is 73.7 Å². The van der Waals surface area contributed by atoms with Crippen molar-refractivity contribution in [2.75, 3.05) is 19.8 Å². The third kappa shape index (κ3) is 5.99. The average molecular weight is 497 g/mol. The van der Waals surface area contributed by atoms with Crippen molar-refractivity contribution in [1.29, 1.82) is 0 Å². The number of tetrazole rings is 1. The van der Waals surface area contributed by atoms with Gasteiger partial charge in [-0.1, -0.05) is 19.4 Å². The molecule has 194 valence electrons. The van der Waals surface area contributed by atoms with Gasteiger partial charge in [0.1, 0.15) is 6.54 Å². The Bertz CT molecular complexity index is 1250. The maximum absolute atomic E-state index is 13.2. The van der Waals surface area contributed by atoms with E-state index < -0.39 is 0 Å². The third-order valence-electron chi connectivity index (χ3n) is 6.67. The van der Waals surface area contributed by atoms with Gasteiger partial charge in [0.05, 0.1) is 18.8 Å². The fourth-order valence-corrected chi connectivity index (χ4v) is 5.04. The molecule has 36 heavy (non-hydrogen) atoms. The van der Waals surface area contributed by atoms with Crippen LogP contribution in [0.4, 0.5) is 0 Å². The summed E-state index contributed by atoms with van der Waals surface area (Å²) in [5.41, 5.74) is 3.65. The number of ether oxygens (including phenoxy) is 2. The SMILES string of the molecule is CCC[C@@H](c1nnnn1CC(=O)OCC)N(Cc1cc2c(C)cc(C)cc2[nH]c1=O)C[C@@H]1CCCO1. The minimum absolute atomic E-state index is 0.0563. The fraction of sp³-hybridized carbons (Fsp3) is 0.577. The summed E-state index contributed by atoms with van der Waals surface area (Å²) in [6.45, 7) is 9.99. The molecule has 2 aromatic heterocycles. The summed E-state index contributed by atoms with van der Waals surface area (Å²) in [5.74, 6) is 0.204. The molecule has 1 saturated heterocycles. The van der Waals surface area contributed by atoms with Crippen LogP contribution in [0.5, 0.6) is 0 Å². The zero-order chi connectivity index (χ0) is 25.7. The number of aromatic nitrogens is 5. The first-order chi connectivity index (χ1) is 17.4. The van der Waals surface area contributed by atoms with Crippen LogP contribution in [0, 0.1) is 13.8 Å². The smallest absolute Gasteiger partial charge is 0.327 e. The number of rotatable bonds is 11. The lowest BCUT2D eigenvalue weighted by molar-refractivity contribution is -0.144. The maximum Gasteiger partial charge on any atom is 0.327 e. The van der Waals surface area contributed by atoms with Gasteiger partial charge in [0.25, 0.3) is 5.56 Å². The lowest BCUT2D eigenvalue weighted by Crippen LogP contribution is -2.38. The van der Waals surface area contributed by atoms with E-state index in [1.54, 1.807) is 6.92 Å². The molecule has 3 heterocycles. The highest BCUT2D eigenvalue weighted by Gasteiger charge is 2.30. The van der Waals surface area contributed by atoms with E-state index in [1.807, 2.05) is 19.1 Å². The van der Waals surface area contributed by atoms with E-state index in [1.165, 1.54) is 4.68 Å². The zero-order valence-electron chi connectivity index (χ0n) is 21.6. The molecule has 10 nitrogen and oxygen atoms in total. The minimum Gasteiger partial charge on any atom is -0.465 e. The Kier molecular flexibility index (Phi) is 8.48. The molecule has 0 radical (unpaired) electrons. The van der Waals surface area contributed by atoms with Gasteiger partial charge in [0.2, 0.25) is 0 Å². The van der Waals surface area contributed by atoms with Gasteiger partial charge in [-0.15, -0.1) is 5.10 Å². The van der Waals surface area contributed by atoms with Crippen molar-refractivity contribution < 1.29 is 14.3 Å². The number of nitrogens with one attached hydrogen (secondary N) is 1. The molecule has 1 aliphatic heterocycles. The molecule has 1 fully saturated rings. The van der Waals surface area contributed by atoms with Gasteiger partial charge in [0.15, 0.2) is 5.82 Å². The summed E-state index contributed by atoms with van der Waals surface area (Å²) in [5, 5.41) is 13.3. The van der Waals surface area contributed by atoms with Crippen LogP contribution in [0.15, 0.2) is 23.0 Å². The highest BCUT2D eigenvalue weighted by atomic mass is 16.5. The van der Waals surface area contributed by atoms with Crippen molar-refractivity contribution in [2.45, 2.75) is 78.6 Å². The first kappa shape index (κ1) is 26.0. The van der Waals surface area contributed by atoms with E-state index in [-0.39, 0.29) is 30.2 Å². The fourth-order valence-electron chi connectivity index (χ4n) is 5.04. The monoisotopic (exact) mass is 496 g/mol. The summed E-state index contributed by atoms with van der Waals surface area (Å²) >= 11 is 0. The van der Waals surface area contributed by atoms with E-state index in [0.717, 1.165) is 54.3 Å². The summed E-state index contributed by atoms with van der Waals surface area (Å²) in [6, 6.07) is 5.92. The Labute approximate surface area is 211 Å². The average Bonchev–Trinajstić information content (AvgIpc) is 3.50. The van der Waals surface area contributed by atoms with Gasteiger partial charge in [-0.2, -0.15) is 0 Å². The molecule has 10 heteroatoms. The predicted octanol–water partition coefficient (Wildman–Crippen LogP) is 3.22. The Balaban J connectivity index is 1.71. The summed E-state index contributed by atoms with van der Waals surface area (Å²) in [6.07, 6.45) is 3.70. The topological polar surface area (TPSA) is 115 Å². The van der Waals surface area contributed by atoms with Crippen molar-refractivity contribution >= 4 is 16.9 Å². The van der Waals surface area contributed by atoms with E-state index >= 15 is 0 Å². The van der Waals surface area contributed by atoms with Crippen LogP contribution in [-0.2, 0) is 27.4 Å². The third-order valence-corrected chi connectivity index (χ3v) is 6.67. The van der Waals surface area contributed by atoms with Crippen molar-refractivity contribution in [3.63, 3.8) is 0 Å². The Morgan fingerprint density at radius 1 is 1.31 bits per heavy atom. The number of H-pyrrole nitrogens is 1. The molecule has 0 aliphatic carbocycles. The zero-order valence-corrected chi connectivity index (χ0v) is 21.6. The van der Waals surface area contributed by atoms with Gasteiger partial charge < -0.3 is 14.5 Å². The quantitative estimate of drug-likeness (QED) is 0.403. The second-order valence-electron chi connectivity index (χ2n) is 9.54. The number of carbonyl (C=O) groups is 1. The van der Waals surface area contributed by atoms with Gasteiger partial charge in [-0.25, -0.2) is 4.68 Å². The Morgan fingerprint density at radius 3 is 2.86 bits per heavy atom. The molecule has 0 unspecified atom stereocenters. The van der Waals surface area contributed by atoms with Crippen LogP contribution in [0.3, 0.4) is 0 Å². The number of aromatic amines is 1. The number of aryl methyl sites for hydroxylation is 2. The van der Waals surface area contributed by atoms with Crippen molar-refractivity contribution in [3.8, 4) is 0 Å². The lowest BCUT2D eigenvalue weighted by atomic mass is 10.0. The van der Waals surface area contributed by atoms with E-state index in [2.05, 4.69) is 45.3 Å². The molecule has 0 amide bonds. The molecule has 3 aromatic rings. The number of benzene rings is 1. The molecule has 1 aliphatic rings. The van der Waals surface area contributed by atoms with E-state index in [4.69, 9.17) is 9.47 Å². The van der Waals surface area contributed by atoms with Gasteiger partial charge >= 0.3 is 5.97 Å². The molecule has 1 N–H and O–H groups in total. The largest absolute Gasteiger partial charge is 0.465 e. The number of hydrogen-bond acceptors (Lipinski definition) is 8. The summed E-state index contributed by atoms with van der Waals surface area (Å²) in [4.78, 5) is 30.7. The first-order valence-electron chi connectivity index (χ1n) is 12.8. The molecule has 0 spiro atoms. The minimum atomic E-state index is -0.385. The normalized spacial score (nSPS) is 16.6. The number of carbonyl (C=O) groups excluding carboxylic acids is 1. The standard InChI is InChI=1S/C26H36N6O4/c1-5-8-23(25-28-29-30-32(25)16-24(33)35-6-2)31(15-20-9-7-10-36-20)14-19-13-21-18(4)11-17(3)12-22(21)27-26(19)34/h11-13,20,23H,5-10,14-16H2,1-4H3,(H,27,34)/t20-,23-/m0/s1. The van der Waals surface area contributed by atoms with Gasteiger partial charge in [0, 0.05) is 36.2 Å². The molecule has 4 rings (SSSR count). The van der Waals surface area contributed by atoms with Crippen molar-refractivity contribution in [2.24, 2.45) is 0 Å². The van der Waals surface area contributed by atoms with Crippen LogP contribution >= 0.6 is 0 Å². The van der Waals surface area contributed by atoms with Crippen LogP contribution in [0.1, 0.15) is 68.1 Å². The van der Waals surface area contributed by atoms with Crippen LogP contribution in [0.25, 0.3) is 10.9 Å². The van der Waals surface area contributed by atoms with Crippen LogP contribution < -0.4 is 5.56 Å². The number of pyridine rings is 1. The summed E-state index contributed by atoms with van der Waals surface area (Å²) < 4.78 is 12.6. The van der Waals surface area contributed by atoms with Gasteiger partial charge in [-0.3, -0.25) is 14.5 Å². The maximum atomic E-state index is 13.2. The Morgan fingerprint density at radius 2 is 2.14 bits per heavy atom. The highest BCUT2D eigenvalue weighted by Crippen LogP contribution is 2.28. The lowest BCUT2D eigenvalue weighted by Gasteiger charge is -2.32. The number of esters is 1. The summed E-state index contributed by atoms with van der Waals surface area (Å²) in [7, 11) is 0. The molecular weight excluding hydrogens is 460 g/mol. The van der Waals surface area contributed by atoms with Crippen molar-refractivity contribution in [1.82, 2.24) is 30.1 Å². The van der Waals surface area contributed by atoms with Crippen LogP contribution in [0.2, 0.25) is 0 Å². The molecule has 0 bridgehead atoms. The second-order valence-corrected chi connectivity index (χ2v) is 9.54. The van der Waals surface area contributed by atoms with E-state index in [9.17, 15) is 9.59 Å². The van der Waals surface area contributed by atoms with Crippen LogP contribution in [-0.4, -0.2) is 61.9 Å². The number of fused-ring (bicyclic) bond motifs is 1.